The lowest BCUT2D eigenvalue weighted by Crippen LogP contribution is -2.51. The normalized spacial score (nSPS) is 20.0. The second-order valence-electron chi connectivity index (χ2n) is 9.08. The molecule has 2 aliphatic heterocycles. The highest BCUT2D eigenvalue weighted by atomic mass is 16.5. The Morgan fingerprint density at radius 1 is 1.12 bits per heavy atom. The molecule has 5 rings (SSSR count). The van der Waals surface area contributed by atoms with Crippen LogP contribution >= 0.6 is 0 Å². The van der Waals surface area contributed by atoms with Crippen molar-refractivity contribution in [2.45, 2.75) is 38.2 Å². The summed E-state index contributed by atoms with van der Waals surface area (Å²) in [4.78, 5) is 21.8. The smallest absolute Gasteiger partial charge is 0.236 e. The highest BCUT2D eigenvalue weighted by Crippen LogP contribution is 2.37. The van der Waals surface area contributed by atoms with Crippen LogP contribution in [0.15, 0.2) is 30.3 Å². The molecule has 7 heteroatoms. The van der Waals surface area contributed by atoms with E-state index < -0.39 is 0 Å². The first-order valence-electron chi connectivity index (χ1n) is 12.1. The first-order chi connectivity index (χ1) is 16.2. The van der Waals surface area contributed by atoms with E-state index in [1.807, 2.05) is 23.1 Å². The van der Waals surface area contributed by atoms with Crippen LogP contribution in [0.3, 0.4) is 0 Å². The third-order valence-corrected chi connectivity index (χ3v) is 7.01. The van der Waals surface area contributed by atoms with Crippen molar-refractivity contribution in [3.05, 3.63) is 47.0 Å². The molecular weight excluding hydrogens is 414 g/mol. The molecule has 1 aromatic heterocycles. The fourth-order valence-corrected chi connectivity index (χ4v) is 5.25. The van der Waals surface area contributed by atoms with Crippen molar-refractivity contribution in [3.63, 3.8) is 0 Å². The number of hydrogen-bond donors (Lipinski definition) is 1. The maximum Gasteiger partial charge on any atom is 0.236 e. The maximum absolute atomic E-state index is 12.7. The van der Waals surface area contributed by atoms with Crippen LogP contribution < -0.4 is 10.2 Å². The summed E-state index contributed by atoms with van der Waals surface area (Å²) in [6, 6.07) is 12.7. The number of rotatable bonds is 6. The van der Waals surface area contributed by atoms with E-state index in [0.29, 0.717) is 32.7 Å². The van der Waals surface area contributed by atoms with E-state index in [1.165, 1.54) is 5.56 Å². The second-order valence-corrected chi connectivity index (χ2v) is 9.08. The molecule has 1 aromatic carbocycles. The van der Waals surface area contributed by atoms with Crippen molar-refractivity contribution in [2.24, 2.45) is 0 Å². The lowest BCUT2D eigenvalue weighted by Gasteiger charge is -2.36. The molecule has 0 spiro atoms. The molecule has 1 atom stereocenters. The number of nitrogens with zero attached hydrogens (tertiary/aromatic N) is 4. The first kappa shape index (κ1) is 21.9. The number of pyridine rings is 1. The topological polar surface area (TPSA) is 81.5 Å². The van der Waals surface area contributed by atoms with Crippen molar-refractivity contribution < 1.29 is 9.53 Å². The fourth-order valence-electron chi connectivity index (χ4n) is 5.25. The van der Waals surface area contributed by atoms with Crippen LogP contribution in [-0.4, -0.2) is 67.8 Å². The number of anilines is 1. The number of carbonyl (C=O) groups excluding carboxylic acids is 1. The first-order valence-corrected chi connectivity index (χ1v) is 12.1. The Morgan fingerprint density at radius 3 is 2.64 bits per heavy atom. The third kappa shape index (κ3) is 4.59. The van der Waals surface area contributed by atoms with Gasteiger partial charge in [-0.2, -0.15) is 5.26 Å². The predicted octanol–water partition coefficient (Wildman–Crippen LogP) is 2.53. The second kappa shape index (κ2) is 9.90. The zero-order valence-corrected chi connectivity index (χ0v) is 19.1. The van der Waals surface area contributed by atoms with Gasteiger partial charge < -0.3 is 19.9 Å². The molecule has 0 bridgehead atoms. The van der Waals surface area contributed by atoms with Gasteiger partial charge in [-0.25, -0.2) is 4.98 Å². The molecule has 2 fully saturated rings. The van der Waals surface area contributed by atoms with Gasteiger partial charge in [0.2, 0.25) is 5.91 Å². The SMILES string of the molecule is N#Cc1c(N2CCN(C(=O)CNC[C@@H]3CCCO3)CC2)nc(-c2ccccc2)c2c1CCC2. The van der Waals surface area contributed by atoms with Gasteiger partial charge in [0.1, 0.15) is 11.9 Å². The van der Waals surface area contributed by atoms with Crippen molar-refractivity contribution in [1.29, 1.82) is 5.26 Å². The number of amides is 1. The van der Waals surface area contributed by atoms with Gasteiger partial charge in [-0.1, -0.05) is 30.3 Å². The highest BCUT2D eigenvalue weighted by Gasteiger charge is 2.29. The molecule has 172 valence electrons. The van der Waals surface area contributed by atoms with E-state index in [2.05, 4.69) is 28.4 Å². The minimum Gasteiger partial charge on any atom is -0.377 e. The van der Waals surface area contributed by atoms with Crippen LogP contribution in [0, 0.1) is 11.3 Å². The summed E-state index contributed by atoms with van der Waals surface area (Å²) in [5.74, 6) is 0.903. The molecule has 2 saturated heterocycles. The highest BCUT2D eigenvalue weighted by molar-refractivity contribution is 5.79. The molecule has 3 aliphatic rings. The minimum absolute atomic E-state index is 0.125. The number of piperazine rings is 1. The predicted molar refractivity (Wildman–Crippen MR) is 127 cm³/mol. The number of nitrogens with one attached hydrogen (secondary N) is 1. The Bertz CT molecular complexity index is 1030. The van der Waals surface area contributed by atoms with Crippen molar-refractivity contribution >= 4 is 11.7 Å². The molecular formula is C26H31N5O2. The molecule has 0 radical (unpaired) electrons. The van der Waals surface area contributed by atoms with Gasteiger partial charge in [-0.3, -0.25) is 4.79 Å². The van der Waals surface area contributed by atoms with Crippen molar-refractivity contribution in [3.8, 4) is 17.3 Å². The average molecular weight is 446 g/mol. The summed E-state index contributed by atoms with van der Waals surface area (Å²) in [7, 11) is 0. The Morgan fingerprint density at radius 2 is 1.91 bits per heavy atom. The molecule has 7 nitrogen and oxygen atoms in total. The number of benzene rings is 1. The zero-order valence-electron chi connectivity index (χ0n) is 19.1. The standard InChI is InChI=1S/C26H31N5O2/c27-16-23-21-9-4-10-22(21)25(19-6-2-1-3-7-19)29-26(23)31-13-11-30(12-14-31)24(32)18-28-17-20-8-5-15-33-20/h1-3,6-7,20,28H,4-5,8-15,17-18H2/t20-/m0/s1. The quantitative estimate of drug-likeness (QED) is 0.736. The number of ether oxygens (including phenoxy) is 1. The van der Waals surface area contributed by atoms with E-state index in [1.54, 1.807) is 0 Å². The summed E-state index contributed by atoms with van der Waals surface area (Å²) >= 11 is 0. The summed E-state index contributed by atoms with van der Waals surface area (Å²) < 4.78 is 5.61. The van der Waals surface area contributed by atoms with Gasteiger partial charge in [0.25, 0.3) is 0 Å². The van der Waals surface area contributed by atoms with Crippen LogP contribution in [0.5, 0.6) is 0 Å². The molecule has 33 heavy (non-hydrogen) atoms. The van der Waals surface area contributed by atoms with Crippen LogP contribution in [0.25, 0.3) is 11.3 Å². The van der Waals surface area contributed by atoms with Gasteiger partial charge in [-0.05, 0) is 43.2 Å². The van der Waals surface area contributed by atoms with Crippen LogP contribution in [0.1, 0.15) is 36.0 Å². The van der Waals surface area contributed by atoms with Crippen LogP contribution in [-0.2, 0) is 22.4 Å². The van der Waals surface area contributed by atoms with E-state index in [9.17, 15) is 10.1 Å². The minimum atomic E-state index is 0.125. The summed E-state index contributed by atoms with van der Waals surface area (Å²) in [5, 5.41) is 13.3. The van der Waals surface area contributed by atoms with Crippen molar-refractivity contribution in [2.75, 3.05) is 50.8 Å². The lowest BCUT2D eigenvalue weighted by molar-refractivity contribution is -0.130. The number of carbonyl (C=O) groups is 1. The van der Waals surface area contributed by atoms with E-state index in [0.717, 1.165) is 73.5 Å². The number of fused-ring (bicyclic) bond motifs is 1. The molecule has 1 N–H and O–H groups in total. The number of nitriles is 1. The zero-order chi connectivity index (χ0) is 22.6. The molecule has 1 aliphatic carbocycles. The van der Waals surface area contributed by atoms with Gasteiger partial charge in [0.05, 0.1) is 23.9 Å². The average Bonchev–Trinajstić information content (AvgIpc) is 3.56. The van der Waals surface area contributed by atoms with Gasteiger partial charge in [0.15, 0.2) is 0 Å². The summed E-state index contributed by atoms with van der Waals surface area (Å²) in [5.41, 5.74) is 5.23. The number of hydrogen-bond acceptors (Lipinski definition) is 6. The van der Waals surface area contributed by atoms with Crippen molar-refractivity contribution in [1.82, 2.24) is 15.2 Å². The third-order valence-electron chi connectivity index (χ3n) is 7.01. The van der Waals surface area contributed by atoms with Crippen LogP contribution in [0.2, 0.25) is 0 Å². The Labute approximate surface area is 195 Å². The van der Waals surface area contributed by atoms with Gasteiger partial charge in [0, 0.05) is 44.9 Å². The maximum atomic E-state index is 12.7. The lowest BCUT2D eigenvalue weighted by atomic mass is 9.98. The molecule has 0 saturated carbocycles. The molecule has 1 amide bonds. The summed E-state index contributed by atoms with van der Waals surface area (Å²) in [6.07, 6.45) is 5.39. The van der Waals surface area contributed by atoms with E-state index >= 15 is 0 Å². The largest absolute Gasteiger partial charge is 0.377 e. The number of aromatic nitrogens is 1. The molecule has 2 aromatic rings. The monoisotopic (exact) mass is 445 g/mol. The fraction of sp³-hybridized carbons (Fsp3) is 0.500. The van der Waals surface area contributed by atoms with Gasteiger partial charge >= 0.3 is 0 Å². The van der Waals surface area contributed by atoms with E-state index in [-0.39, 0.29) is 12.0 Å². The molecule has 3 heterocycles. The summed E-state index contributed by atoms with van der Waals surface area (Å²) in [6.45, 7) is 4.57. The Hall–Kier alpha value is -2.95. The Balaban J connectivity index is 1.28. The molecule has 0 unspecified atom stereocenters. The van der Waals surface area contributed by atoms with E-state index in [4.69, 9.17) is 9.72 Å². The van der Waals surface area contributed by atoms with Gasteiger partial charge in [-0.15, -0.1) is 0 Å². The van der Waals surface area contributed by atoms with Crippen LogP contribution in [0.4, 0.5) is 5.82 Å². The Kier molecular flexibility index (Phi) is 6.56.